The molecule has 0 saturated heterocycles. The van der Waals surface area contributed by atoms with E-state index in [2.05, 4.69) is 15.9 Å². The molecular formula is C17H19BrN2O4S. The van der Waals surface area contributed by atoms with Gasteiger partial charge >= 0.3 is 0 Å². The van der Waals surface area contributed by atoms with Crippen molar-refractivity contribution in [3.05, 3.63) is 69.8 Å². The molecule has 0 atom stereocenters. The Bertz CT molecular complexity index is 821. The van der Waals surface area contributed by atoms with Gasteiger partial charge < -0.3 is 0 Å². The van der Waals surface area contributed by atoms with Crippen molar-refractivity contribution in [1.82, 2.24) is 4.31 Å². The van der Waals surface area contributed by atoms with Crippen LogP contribution in [0.3, 0.4) is 0 Å². The Hall–Kier alpha value is -1.77. The maximum Gasteiger partial charge on any atom is 0.269 e. The Morgan fingerprint density at radius 1 is 1.04 bits per heavy atom. The number of hydrogen-bond donors (Lipinski definition) is 0. The van der Waals surface area contributed by atoms with E-state index in [0.29, 0.717) is 13.0 Å². The van der Waals surface area contributed by atoms with Gasteiger partial charge in [-0.05, 0) is 29.7 Å². The zero-order valence-corrected chi connectivity index (χ0v) is 16.2. The van der Waals surface area contributed by atoms with Crippen LogP contribution in [0, 0.1) is 10.1 Å². The number of nitrogens with zero attached hydrogens (tertiary/aromatic N) is 2. The molecule has 0 bridgehead atoms. The number of alkyl halides is 1. The first-order valence-corrected chi connectivity index (χ1v) is 10.3. The van der Waals surface area contributed by atoms with Crippen molar-refractivity contribution >= 4 is 31.6 Å². The molecule has 25 heavy (non-hydrogen) atoms. The molecule has 2 aromatic rings. The summed E-state index contributed by atoms with van der Waals surface area (Å²) in [6.45, 7) is 2.54. The molecule has 0 unspecified atom stereocenters. The number of nitro groups is 1. The van der Waals surface area contributed by atoms with Crippen LogP contribution in [0.4, 0.5) is 5.69 Å². The van der Waals surface area contributed by atoms with Crippen molar-refractivity contribution in [2.75, 3.05) is 6.54 Å². The lowest BCUT2D eigenvalue weighted by atomic mass is 10.1. The fourth-order valence-corrected chi connectivity index (χ4v) is 4.25. The van der Waals surface area contributed by atoms with Crippen LogP contribution >= 0.6 is 15.9 Å². The molecule has 0 aliphatic carbocycles. The van der Waals surface area contributed by atoms with E-state index in [1.807, 2.05) is 31.2 Å². The molecule has 0 spiro atoms. The highest BCUT2D eigenvalue weighted by Gasteiger charge is 2.24. The monoisotopic (exact) mass is 426 g/mol. The smallest absolute Gasteiger partial charge is 0.258 e. The molecule has 0 aliphatic rings. The minimum absolute atomic E-state index is 0.0589. The average molecular weight is 427 g/mol. The van der Waals surface area contributed by atoms with E-state index in [-0.39, 0.29) is 17.1 Å². The summed E-state index contributed by atoms with van der Waals surface area (Å²) in [6, 6.07) is 12.7. The summed E-state index contributed by atoms with van der Waals surface area (Å²) in [4.78, 5) is 10.2. The van der Waals surface area contributed by atoms with Crippen LogP contribution in [0.25, 0.3) is 0 Å². The second-order valence-corrected chi connectivity index (χ2v) is 8.04. The minimum Gasteiger partial charge on any atom is -0.258 e. The van der Waals surface area contributed by atoms with Gasteiger partial charge in [-0.2, -0.15) is 4.31 Å². The van der Waals surface area contributed by atoms with Crippen LogP contribution in [0.5, 0.6) is 0 Å². The second-order valence-electron chi connectivity index (χ2n) is 5.54. The predicted molar refractivity (Wildman–Crippen MR) is 100 cm³/mol. The average Bonchev–Trinajstić information content (AvgIpc) is 2.62. The summed E-state index contributed by atoms with van der Waals surface area (Å²) in [5.41, 5.74) is 1.87. The lowest BCUT2D eigenvalue weighted by Gasteiger charge is -2.22. The number of nitro benzene ring substituents is 1. The Balaban J connectivity index is 2.28. The Morgan fingerprint density at radius 3 is 2.08 bits per heavy atom. The number of benzene rings is 2. The van der Waals surface area contributed by atoms with Gasteiger partial charge in [-0.15, -0.1) is 0 Å². The van der Waals surface area contributed by atoms with Crippen molar-refractivity contribution in [3.63, 3.8) is 0 Å². The zero-order valence-electron chi connectivity index (χ0n) is 13.8. The van der Waals surface area contributed by atoms with E-state index in [1.165, 1.54) is 28.6 Å². The van der Waals surface area contributed by atoms with Gasteiger partial charge in [-0.25, -0.2) is 8.42 Å². The molecule has 6 nitrogen and oxygen atoms in total. The lowest BCUT2D eigenvalue weighted by molar-refractivity contribution is -0.384. The van der Waals surface area contributed by atoms with Gasteiger partial charge in [0.15, 0.2) is 0 Å². The first-order chi connectivity index (χ1) is 11.9. The number of rotatable bonds is 8. The second kappa shape index (κ2) is 8.55. The number of halogens is 1. The first-order valence-electron chi connectivity index (χ1n) is 7.77. The quantitative estimate of drug-likeness (QED) is 0.361. The summed E-state index contributed by atoms with van der Waals surface area (Å²) >= 11 is 3.38. The van der Waals surface area contributed by atoms with Crippen molar-refractivity contribution in [2.45, 2.75) is 30.1 Å². The largest absolute Gasteiger partial charge is 0.269 e. The van der Waals surface area contributed by atoms with Crippen LogP contribution < -0.4 is 0 Å². The topological polar surface area (TPSA) is 80.5 Å². The van der Waals surface area contributed by atoms with Crippen molar-refractivity contribution in [2.24, 2.45) is 0 Å². The highest BCUT2D eigenvalue weighted by atomic mass is 79.9. The summed E-state index contributed by atoms with van der Waals surface area (Å²) in [5, 5.41) is 11.5. The van der Waals surface area contributed by atoms with Gasteiger partial charge in [-0.1, -0.05) is 47.1 Å². The number of hydrogen-bond acceptors (Lipinski definition) is 4. The van der Waals surface area contributed by atoms with Gasteiger partial charge in [0.2, 0.25) is 10.0 Å². The molecule has 0 saturated carbocycles. The predicted octanol–water partition coefficient (Wildman–Crippen LogP) is 4.09. The lowest BCUT2D eigenvalue weighted by Crippen LogP contribution is -2.31. The highest BCUT2D eigenvalue weighted by molar-refractivity contribution is 9.08. The van der Waals surface area contributed by atoms with Crippen molar-refractivity contribution in [3.8, 4) is 0 Å². The third kappa shape index (κ3) is 4.87. The molecule has 0 aliphatic heterocycles. The molecule has 0 amide bonds. The van der Waals surface area contributed by atoms with Crippen LogP contribution in [-0.2, 0) is 21.9 Å². The number of non-ortho nitro benzene ring substituents is 1. The molecule has 0 heterocycles. The van der Waals surface area contributed by atoms with Gasteiger partial charge in [0.1, 0.15) is 0 Å². The zero-order chi connectivity index (χ0) is 18.4. The van der Waals surface area contributed by atoms with E-state index in [4.69, 9.17) is 0 Å². The molecule has 0 radical (unpaired) electrons. The molecule has 0 fully saturated rings. The van der Waals surface area contributed by atoms with E-state index in [9.17, 15) is 18.5 Å². The Morgan fingerprint density at radius 2 is 1.60 bits per heavy atom. The van der Waals surface area contributed by atoms with E-state index in [1.54, 1.807) is 0 Å². The fourth-order valence-electron chi connectivity index (χ4n) is 2.36. The highest BCUT2D eigenvalue weighted by Crippen LogP contribution is 2.22. The molecule has 8 heteroatoms. The van der Waals surface area contributed by atoms with Crippen LogP contribution in [0.2, 0.25) is 0 Å². The number of sulfonamides is 1. The van der Waals surface area contributed by atoms with Crippen LogP contribution in [0.15, 0.2) is 53.4 Å². The van der Waals surface area contributed by atoms with Gasteiger partial charge in [0, 0.05) is 30.6 Å². The van der Waals surface area contributed by atoms with Gasteiger partial charge in [-0.3, -0.25) is 10.1 Å². The molecule has 0 N–H and O–H groups in total. The first kappa shape index (κ1) is 19.6. The maximum atomic E-state index is 12.9. The van der Waals surface area contributed by atoms with Crippen LogP contribution in [-0.4, -0.2) is 24.2 Å². The van der Waals surface area contributed by atoms with Gasteiger partial charge in [0.05, 0.1) is 9.82 Å². The summed E-state index contributed by atoms with van der Waals surface area (Å²) in [5.74, 6) is 0. The van der Waals surface area contributed by atoms with Crippen LogP contribution in [0.1, 0.15) is 24.5 Å². The minimum atomic E-state index is -3.72. The summed E-state index contributed by atoms with van der Waals surface area (Å²) in [7, 11) is -3.72. The standard InChI is InChI=1S/C17H19BrN2O4S/c1-2-11-19(13-15-5-3-14(12-18)4-6-15)25(23,24)17-9-7-16(8-10-17)20(21)22/h3-10H,2,11-13H2,1H3. The molecule has 0 aromatic heterocycles. The van der Waals surface area contributed by atoms with Gasteiger partial charge in [0.25, 0.3) is 5.69 Å². The molecule has 134 valence electrons. The van der Waals surface area contributed by atoms with E-state index in [0.717, 1.165) is 16.5 Å². The fraction of sp³-hybridized carbons (Fsp3) is 0.294. The normalized spacial score (nSPS) is 11.6. The van der Waals surface area contributed by atoms with E-state index >= 15 is 0 Å². The molecule has 2 aromatic carbocycles. The third-order valence-electron chi connectivity index (χ3n) is 3.69. The van der Waals surface area contributed by atoms with Crippen molar-refractivity contribution in [1.29, 1.82) is 0 Å². The molecule has 2 rings (SSSR count). The maximum absolute atomic E-state index is 12.9. The Labute approximate surface area is 155 Å². The van der Waals surface area contributed by atoms with E-state index < -0.39 is 14.9 Å². The van der Waals surface area contributed by atoms with Crippen molar-refractivity contribution < 1.29 is 13.3 Å². The summed E-state index contributed by atoms with van der Waals surface area (Å²) in [6.07, 6.45) is 0.672. The third-order valence-corrected chi connectivity index (χ3v) is 6.20. The SMILES string of the molecule is CCCN(Cc1ccc(CBr)cc1)S(=O)(=O)c1ccc([N+](=O)[O-])cc1. The summed E-state index contributed by atoms with van der Waals surface area (Å²) < 4.78 is 27.2. The molecular weight excluding hydrogens is 408 g/mol. The Kier molecular flexibility index (Phi) is 6.69.